The van der Waals surface area contributed by atoms with Gasteiger partial charge in [-0.25, -0.2) is 0 Å². The van der Waals surface area contributed by atoms with Crippen LogP contribution in [0.25, 0.3) is 0 Å². The van der Waals surface area contributed by atoms with E-state index in [0.717, 1.165) is 10.4 Å². The van der Waals surface area contributed by atoms with Crippen molar-refractivity contribution in [2.24, 2.45) is 5.73 Å². The van der Waals surface area contributed by atoms with E-state index in [9.17, 15) is 9.59 Å². The van der Waals surface area contributed by atoms with Crippen LogP contribution in [0, 0.1) is 0 Å². The maximum absolute atomic E-state index is 12.0. The average molecular weight is 292 g/mol. The van der Waals surface area contributed by atoms with Crippen molar-refractivity contribution >= 4 is 28.2 Å². The number of amides is 2. The molecule has 2 amide bonds. The molecule has 0 atom stereocenters. The number of primary amides is 1. The van der Waals surface area contributed by atoms with Gasteiger partial charge in [-0.1, -0.05) is 0 Å². The van der Waals surface area contributed by atoms with Crippen LogP contribution in [0.5, 0.6) is 0 Å². The lowest BCUT2D eigenvalue weighted by atomic mass is 10.1. The summed E-state index contributed by atoms with van der Waals surface area (Å²) in [7, 11) is 0. The van der Waals surface area contributed by atoms with Gasteiger partial charge in [0.15, 0.2) is 5.76 Å². The summed E-state index contributed by atoms with van der Waals surface area (Å²) in [6, 6.07) is 3.17. The van der Waals surface area contributed by atoms with Crippen molar-refractivity contribution in [3.05, 3.63) is 40.2 Å². The van der Waals surface area contributed by atoms with Crippen molar-refractivity contribution in [2.75, 3.05) is 11.9 Å². The second-order valence-electron chi connectivity index (χ2n) is 4.31. The number of ether oxygens (including phenoxy) is 1. The lowest BCUT2D eigenvalue weighted by molar-refractivity contribution is 0.0991. The second kappa shape index (κ2) is 5.10. The molecule has 0 aromatic carbocycles. The fourth-order valence-corrected chi connectivity index (χ4v) is 3.34. The number of anilines is 1. The number of rotatable bonds is 3. The SMILES string of the molecule is NC(=O)c1c(NC(=O)c2ccco2)sc2c1CCOC2. The number of carbonyl (C=O) groups is 2. The molecule has 7 heteroatoms. The second-order valence-corrected chi connectivity index (χ2v) is 5.41. The number of thiophene rings is 1. The molecule has 0 spiro atoms. The zero-order valence-corrected chi connectivity index (χ0v) is 11.3. The molecule has 2 aromatic heterocycles. The summed E-state index contributed by atoms with van der Waals surface area (Å²) >= 11 is 1.32. The molecule has 6 nitrogen and oxygen atoms in total. The topological polar surface area (TPSA) is 94.6 Å². The highest BCUT2D eigenvalue weighted by Crippen LogP contribution is 2.36. The van der Waals surface area contributed by atoms with Gasteiger partial charge in [0.2, 0.25) is 0 Å². The molecule has 0 fully saturated rings. The van der Waals surface area contributed by atoms with Crippen molar-refractivity contribution in [3.8, 4) is 0 Å². The van der Waals surface area contributed by atoms with Gasteiger partial charge in [-0.15, -0.1) is 11.3 Å². The number of carbonyl (C=O) groups excluding carboxylic acids is 2. The predicted octanol–water partition coefficient (Wildman–Crippen LogP) is 1.77. The molecule has 0 unspecified atom stereocenters. The van der Waals surface area contributed by atoms with Crippen LogP contribution >= 0.6 is 11.3 Å². The first-order chi connectivity index (χ1) is 9.66. The van der Waals surface area contributed by atoms with E-state index >= 15 is 0 Å². The van der Waals surface area contributed by atoms with Crippen LogP contribution in [-0.4, -0.2) is 18.4 Å². The molecule has 0 bridgehead atoms. The Morgan fingerprint density at radius 3 is 2.95 bits per heavy atom. The van der Waals surface area contributed by atoms with E-state index in [-0.39, 0.29) is 5.76 Å². The number of furan rings is 1. The average Bonchev–Trinajstić information content (AvgIpc) is 3.05. The summed E-state index contributed by atoms with van der Waals surface area (Å²) in [6.45, 7) is 0.993. The van der Waals surface area contributed by atoms with E-state index in [0.29, 0.717) is 30.2 Å². The highest BCUT2D eigenvalue weighted by molar-refractivity contribution is 7.17. The van der Waals surface area contributed by atoms with Gasteiger partial charge in [-0.2, -0.15) is 0 Å². The first-order valence-corrected chi connectivity index (χ1v) is 6.85. The standard InChI is InChI=1S/C13H12N2O4S/c14-11(16)10-7-3-5-18-6-9(7)20-13(10)15-12(17)8-2-1-4-19-8/h1-2,4H,3,5-6H2,(H2,14,16)(H,15,17). The first-order valence-electron chi connectivity index (χ1n) is 6.03. The molecule has 104 valence electrons. The Balaban J connectivity index is 1.95. The molecule has 1 aliphatic heterocycles. The maximum atomic E-state index is 12.0. The summed E-state index contributed by atoms with van der Waals surface area (Å²) in [5.74, 6) is -0.765. The lowest BCUT2D eigenvalue weighted by Crippen LogP contribution is -2.19. The van der Waals surface area contributed by atoms with Gasteiger partial charge < -0.3 is 20.2 Å². The quantitative estimate of drug-likeness (QED) is 0.901. The van der Waals surface area contributed by atoms with Crippen molar-refractivity contribution in [1.82, 2.24) is 0 Å². The molecule has 3 rings (SSSR count). The minimum Gasteiger partial charge on any atom is -0.459 e. The van der Waals surface area contributed by atoms with Crippen molar-refractivity contribution < 1.29 is 18.7 Å². The first kappa shape index (κ1) is 12.9. The van der Waals surface area contributed by atoms with Crippen LogP contribution in [0.4, 0.5) is 5.00 Å². The maximum Gasteiger partial charge on any atom is 0.291 e. The molecule has 0 saturated carbocycles. The van der Waals surface area contributed by atoms with Gasteiger partial charge in [0.05, 0.1) is 25.0 Å². The minimum absolute atomic E-state index is 0.183. The Bertz CT molecular complexity index is 660. The molecule has 2 aromatic rings. The molecule has 0 radical (unpaired) electrons. The number of hydrogen-bond donors (Lipinski definition) is 2. The number of hydrogen-bond acceptors (Lipinski definition) is 5. The molecule has 3 N–H and O–H groups in total. The Morgan fingerprint density at radius 1 is 1.40 bits per heavy atom. The monoisotopic (exact) mass is 292 g/mol. The smallest absolute Gasteiger partial charge is 0.291 e. The normalized spacial score (nSPS) is 13.8. The van der Waals surface area contributed by atoms with E-state index in [4.69, 9.17) is 14.9 Å². The van der Waals surface area contributed by atoms with Crippen LogP contribution < -0.4 is 11.1 Å². The lowest BCUT2D eigenvalue weighted by Gasteiger charge is -2.12. The Kier molecular flexibility index (Phi) is 3.29. The van der Waals surface area contributed by atoms with E-state index in [2.05, 4.69) is 5.32 Å². The van der Waals surface area contributed by atoms with Gasteiger partial charge in [0.1, 0.15) is 5.00 Å². The Hall–Kier alpha value is -2.12. The molecular formula is C13H12N2O4S. The van der Waals surface area contributed by atoms with Gasteiger partial charge in [-0.3, -0.25) is 9.59 Å². The fourth-order valence-electron chi connectivity index (χ4n) is 2.15. The van der Waals surface area contributed by atoms with E-state index in [1.807, 2.05) is 0 Å². The van der Waals surface area contributed by atoms with Gasteiger partial charge in [0.25, 0.3) is 11.8 Å². The summed E-state index contributed by atoms with van der Waals surface area (Å²) in [5, 5.41) is 3.13. The van der Waals surface area contributed by atoms with Gasteiger partial charge in [-0.05, 0) is 24.1 Å². The predicted molar refractivity (Wildman–Crippen MR) is 72.9 cm³/mol. The third-order valence-corrected chi connectivity index (χ3v) is 4.16. The molecule has 20 heavy (non-hydrogen) atoms. The zero-order valence-electron chi connectivity index (χ0n) is 10.5. The van der Waals surface area contributed by atoms with Crippen LogP contribution in [0.3, 0.4) is 0 Å². The highest BCUT2D eigenvalue weighted by atomic mass is 32.1. The van der Waals surface area contributed by atoms with E-state index < -0.39 is 11.8 Å². The van der Waals surface area contributed by atoms with Crippen molar-refractivity contribution in [3.63, 3.8) is 0 Å². The summed E-state index contributed by atoms with van der Waals surface area (Å²) in [4.78, 5) is 24.5. The van der Waals surface area contributed by atoms with Crippen LogP contribution in [0.2, 0.25) is 0 Å². The number of fused-ring (bicyclic) bond motifs is 1. The zero-order chi connectivity index (χ0) is 14.1. The molecular weight excluding hydrogens is 280 g/mol. The van der Waals surface area contributed by atoms with Crippen LogP contribution in [0.1, 0.15) is 31.4 Å². The van der Waals surface area contributed by atoms with E-state index in [1.54, 1.807) is 12.1 Å². The van der Waals surface area contributed by atoms with Crippen molar-refractivity contribution in [1.29, 1.82) is 0 Å². The Labute approximate surface area is 118 Å². The summed E-state index contributed by atoms with van der Waals surface area (Å²) < 4.78 is 10.4. The van der Waals surface area contributed by atoms with E-state index in [1.165, 1.54) is 17.6 Å². The number of nitrogens with two attached hydrogens (primary N) is 1. The van der Waals surface area contributed by atoms with Gasteiger partial charge in [0, 0.05) is 4.88 Å². The minimum atomic E-state index is -0.542. The molecule has 0 saturated heterocycles. The third kappa shape index (κ3) is 2.21. The summed E-state index contributed by atoms with van der Waals surface area (Å²) in [6.07, 6.45) is 2.04. The molecule has 0 aliphatic carbocycles. The fraction of sp³-hybridized carbons (Fsp3) is 0.231. The Morgan fingerprint density at radius 2 is 2.25 bits per heavy atom. The summed E-state index contributed by atoms with van der Waals surface area (Å²) in [5.41, 5.74) is 6.69. The number of nitrogens with one attached hydrogen (secondary N) is 1. The molecule has 3 heterocycles. The third-order valence-electron chi connectivity index (χ3n) is 3.04. The largest absolute Gasteiger partial charge is 0.459 e. The molecule has 1 aliphatic rings. The van der Waals surface area contributed by atoms with Crippen molar-refractivity contribution in [2.45, 2.75) is 13.0 Å². The van der Waals surface area contributed by atoms with Crippen LogP contribution in [0.15, 0.2) is 22.8 Å². The highest BCUT2D eigenvalue weighted by Gasteiger charge is 2.25. The van der Waals surface area contributed by atoms with Gasteiger partial charge >= 0.3 is 0 Å². The van der Waals surface area contributed by atoms with Crippen LogP contribution in [-0.2, 0) is 17.8 Å².